The van der Waals surface area contributed by atoms with Gasteiger partial charge in [-0.2, -0.15) is 5.10 Å². The zero-order valence-electron chi connectivity index (χ0n) is 16.2. The first-order chi connectivity index (χ1) is 13.6. The number of likely N-dealkylation sites (tertiary alicyclic amines) is 1. The summed E-state index contributed by atoms with van der Waals surface area (Å²) in [6.07, 6.45) is 1.59. The molecule has 0 bridgehead atoms. The van der Waals surface area contributed by atoms with Gasteiger partial charge in [-0.1, -0.05) is 30.3 Å². The van der Waals surface area contributed by atoms with Gasteiger partial charge in [0.1, 0.15) is 5.82 Å². The maximum absolute atomic E-state index is 13.2. The Morgan fingerprint density at radius 1 is 1.14 bits per heavy atom. The van der Waals surface area contributed by atoms with Gasteiger partial charge in [0, 0.05) is 19.0 Å². The van der Waals surface area contributed by atoms with E-state index in [1.807, 2.05) is 30.0 Å². The Hall–Kier alpha value is -2.70. The fraction of sp³-hybridized carbons (Fsp3) is 0.273. The molecule has 5 nitrogen and oxygen atoms in total. The fourth-order valence-corrected chi connectivity index (χ4v) is 3.99. The highest BCUT2D eigenvalue weighted by atomic mass is 35.5. The van der Waals surface area contributed by atoms with Crippen molar-refractivity contribution in [2.75, 3.05) is 19.6 Å². The summed E-state index contributed by atoms with van der Waals surface area (Å²) >= 11 is 0. The van der Waals surface area contributed by atoms with E-state index in [1.165, 1.54) is 17.7 Å². The number of hydrogen-bond donors (Lipinski definition) is 1. The number of carbonyl (C=O) groups is 1. The first kappa shape index (κ1) is 21.0. The molecule has 0 spiro atoms. The highest BCUT2D eigenvalue weighted by Crippen LogP contribution is 2.33. The van der Waals surface area contributed by atoms with E-state index in [0.29, 0.717) is 25.2 Å². The van der Waals surface area contributed by atoms with Crippen LogP contribution >= 0.6 is 12.4 Å². The van der Waals surface area contributed by atoms with E-state index in [1.54, 1.807) is 23.0 Å². The van der Waals surface area contributed by atoms with Crippen LogP contribution in [0.1, 0.15) is 27.5 Å². The molecule has 1 saturated heterocycles. The average molecular weight is 415 g/mol. The van der Waals surface area contributed by atoms with Crippen LogP contribution in [-0.2, 0) is 0 Å². The second-order valence-corrected chi connectivity index (χ2v) is 7.25. The molecule has 2 N–H and O–H groups in total. The third kappa shape index (κ3) is 4.04. The van der Waals surface area contributed by atoms with Crippen LogP contribution < -0.4 is 5.73 Å². The molecule has 1 fully saturated rings. The minimum absolute atomic E-state index is 0. The van der Waals surface area contributed by atoms with Crippen LogP contribution in [0.5, 0.6) is 0 Å². The van der Waals surface area contributed by atoms with Crippen molar-refractivity contribution in [1.29, 1.82) is 0 Å². The molecule has 1 aliphatic heterocycles. The van der Waals surface area contributed by atoms with Gasteiger partial charge in [-0.05, 0) is 49.2 Å². The molecule has 2 aromatic carbocycles. The summed E-state index contributed by atoms with van der Waals surface area (Å²) in [4.78, 5) is 15.0. The normalized spacial score (nSPS) is 18.5. The first-order valence-corrected chi connectivity index (χ1v) is 9.43. The number of nitrogens with two attached hydrogens (primary N) is 1. The van der Waals surface area contributed by atoms with Crippen LogP contribution in [0, 0.1) is 18.7 Å². The van der Waals surface area contributed by atoms with Crippen molar-refractivity contribution < 1.29 is 9.18 Å². The number of carbonyl (C=O) groups excluding carboxylic acids is 1. The summed E-state index contributed by atoms with van der Waals surface area (Å²) in [5.41, 5.74) is 9.24. The quantitative estimate of drug-likeness (QED) is 0.710. The van der Waals surface area contributed by atoms with E-state index in [-0.39, 0.29) is 36.0 Å². The zero-order chi connectivity index (χ0) is 19.7. The van der Waals surface area contributed by atoms with Gasteiger partial charge in [-0.25, -0.2) is 9.07 Å². The highest BCUT2D eigenvalue weighted by Gasteiger charge is 2.36. The van der Waals surface area contributed by atoms with E-state index in [4.69, 9.17) is 5.73 Å². The molecular weight excluding hydrogens is 391 g/mol. The van der Waals surface area contributed by atoms with Crippen molar-refractivity contribution in [2.24, 2.45) is 11.7 Å². The number of halogens is 2. The van der Waals surface area contributed by atoms with Gasteiger partial charge in [0.15, 0.2) is 0 Å². The SMILES string of the molecule is Cc1c(C(=O)N2C[C@@H](CN)[C@H](c3ccccc3)C2)cnn1-c1ccc(F)cc1.Cl. The summed E-state index contributed by atoms with van der Waals surface area (Å²) in [5, 5.41) is 4.35. The summed E-state index contributed by atoms with van der Waals surface area (Å²) < 4.78 is 14.9. The van der Waals surface area contributed by atoms with Gasteiger partial charge in [-0.15, -0.1) is 12.4 Å². The van der Waals surface area contributed by atoms with Gasteiger partial charge in [0.2, 0.25) is 0 Å². The molecule has 0 unspecified atom stereocenters. The standard InChI is InChI=1S/C22H23FN4O.ClH/c1-15-20(12-25-27(15)19-9-7-18(23)8-10-19)22(28)26-13-17(11-24)21(14-26)16-5-3-2-4-6-16;/h2-10,12,17,21H,11,13-14,24H2,1H3;1H/t17-,21+;/m1./s1. The van der Waals surface area contributed by atoms with Gasteiger partial charge in [0.25, 0.3) is 5.91 Å². The zero-order valence-corrected chi connectivity index (χ0v) is 17.0. The monoisotopic (exact) mass is 414 g/mol. The van der Waals surface area contributed by atoms with Gasteiger partial charge < -0.3 is 10.6 Å². The predicted octanol–water partition coefficient (Wildman–Crippen LogP) is 3.56. The molecule has 1 aromatic heterocycles. The Morgan fingerprint density at radius 3 is 2.48 bits per heavy atom. The second-order valence-electron chi connectivity index (χ2n) is 7.25. The van der Waals surface area contributed by atoms with Crippen LogP contribution in [0.15, 0.2) is 60.8 Å². The summed E-state index contributed by atoms with van der Waals surface area (Å²) in [6, 6.07) is 16.3. The fourth-order valence-electron chi connectivity index (χ4n) is 3.99. The molecule has 4 rings (SSSR count). The highest BCUT2D eigenvalue weighted by molar-refractivity contribution is 5.95. The molecular formula is C22H24ClFN4O. The minimum Gasteiger partial charge on any atom is -0.338 e. The molecule has 0 radical (unpaired) electrons. The molecule has 1 amide bonds. The summed E-state index contributed by atoms with van der Waals surface area (Å²) in [7, 11) is 0. The lowest BCUT2D eigenvalue weighted by molar-refractivity contribution is 0.0785. The van der Waals surface area contributed by atoms with Crippen molar-refractivity contribution in [3.63, 3.8) is 0 Å². The maximum atomic E-state index is 13.2. The Bertz CT molecular complexity index is 974. The maximum Gasteiger partial charge on any atom is 0.257 e. The van der Waals surface area contributed by atoms with E-state index in [0.717, 1.165) is 11.4 Å². The smallest absolute Gasteiger partial charge is 0.257 e. The van der Waals surface area contributed by atoms with Crippen LogP contribution in [0.25, 0.3) is 5.69 Å². The molecule has 29 heavy (non-hydrogen) atoms. The number of hydrogen-bond acceptors (Lipinski definition) is 3. The number of benzene rings is 2. The number of aromatic nitrogens is 2. The Kier molecular flexibility index (Phi) is 6.35. The lowest BCUT2D eigenvalue weighted by Gasteiger charge is -2.17. The molecule has 3 aromatic rings. The average Bonchev–Trinajstić information content (AvgIpc) is 3.33. The molecule has 1 aliphatic rings. The lowest BCUT2D eigenvalue weighted by Crippen LogP contribution is -2.30. The van der Waals surface area contributed by atoms with Crippen molar-refractivity contribution in [1.82, 2.24) is 14.7 Å². The molecule has 2 atom stereocenters. The molecule has 0 aliphatic carbocycles. The van der Waals surface area contributed by atoms with Gasteiger partial charge in [-0.3, -0.25) is 4.79 Å². The second kappa shape index (κ2) is 8.76. The topological polar surface area (TPSA) is 64.2 Å². The van der Waals surface area contributed by atoms with Crippen LogP contribution in [0.3, 0.4) is 0 Å². The third-order valence-electron chi connectivity index (χ3n) is 5.57. The molecule has 152 valence electrons. The minimum atomic E-state index is -0.304. The number of rotatable bonds is 4. The molecule has 0 saturated carbocycles. The van der Waals surface area contributed by atoms with E-state index in [2.05, 4.69) is 17.2 Å². The van der Waals surface area contributed by atoms with Crippen LogP contribution in [0.4, 0.5) is 4.39 Å². The molecule has 2 heterocycles. The number of nitrogens with zero attached hydrogens (tertiary/aromatic N) is 3. The van der Waals surface area contributed by atoms with Gasteiger partial charge >= 0.3 is 0 Å². The third-order valence-corrected chi connectivity index (χ3v) is 5.57. The Labute approximate surface area is 175 Å². The van der Waals surface area contributed by atoms with Crippen molar-refractivity contribution in [3.05, 3.63) is 83.4 Å². The van der Waals surface area contributed by atoms with Gasteiger partial charge in [0.05, 0.1) is 23.1 Å². The molecule has 7 heteroatoms. The van der Waals surface area contributed by atoms with Crippen molar-refractivity contribution in [2.45, 2.75) is 12.8 Å². The first-order valence-electron chi connectivity index (χ1n) is 9.43. The Morgan fingerprint density at radius 2 is 1.83 bits per heavy atom. The van der Waals surface area contributed by atoms with Crippen LogP contribution in [0.2, 0.25) is 0 Å². The summed E-state index contributed by atoms with van der Waals surface area (Å²) in [6.45, 7) is 3.67. The number of amides is 1. The van der Waals surface area contributed by atoms with E-state index >= 15 is 0 Å². The Balaban J connectivity index is 0.00000240. The van der Waals surface area contributed by atoms with E-state index in [9.17, 15) is 9.18 Å². The summed E-state index contributed by atoms with van der Waals surface area (Å²) in [5.74, 6) is 0.130. The van der Waals surface area contributed by atoms with Crippen molar-refractivity contribution in [3.8, 4) is 5.69 Å². The predicted molar refractivity (Wildman–Crippen MR) is 113 cm³/mol. The lowest BCUT2D eigenvalue weighted by atomic mass is 9.89. The largest absolute Gasteiger partial charge is 0.338 e. The van der Waals surface area contributed by atoms with Crippen molar-refractivity contribution >= 4 is 18.3 Å². The van der Waals surface area contributed by atoms with E-state index < -0.39 is 0 Å². The van der Waals surface area contributed by atoms with Crippen LogP contribution in [-0.4, -0.2) is 40.2 Å².